The van der Waals surface area contributed by atoms with Crippen LogP contribution >= 0.6 is 24.0 Å². The van der Waals surface area contributed by atoms with Crippen molar-refractivity contribution >= 4 is 29.9 Å². The zero-order valence-corrected chi connectivity index (χ0v) is 19.7. The second-order valence-electron chi connectivity index (χ2n) is 6.85. The predicted octanol–water partition coefficient (Wildman–Crippen LogP) is 2.71. The predicted molar refractivity (Wildman–Crippen MR) is 120 cm³/mol. The number of guanidine groups is 1. The van der Waals surface area contributed by atoms with E-state index in [-0.39, 0.29) is 24.0 Å². The van der Waals surface area contributed by atoms with Gasteiger partial charge in [-0.05, 0) is 19.8 Å². The van der Waals surface area contributed by atoms with Crippen LogP contribution in [0.3, 0.4) is 0 Å². The van der Waals surface area contributed by atoms with Gasteiger partial charge in [-0.3, -0.25) is 9.89 Å². The normalized spacial score (nSPS) is 16.9. The molecule has 7 nitrogen and oxygen atoms in total. The molecule has 1 aromatic heterocycles. The molecule has 0 bridgehead atoms. The van der Waals surface area contributed by atoms with Gasteiger partial charge in [0.25, 0.3) is 0 Å². The van der Waals surface area contributed by atoms with Gasteiger partial charge in [-0.1, -0.05) is 26.7 Å². The van der Waals surface area contributed by atoms with Crippen molar-refractivity contribution in [3.63, 3.8) is 0 Å². The van der Waals surface area contributed by atoms with Crippen LogP contribution in [0.4, 0.5) is 0 Å². The molecule has 0 saturated carbocycles. The Hall–Kier alpha value is -0.870. The van der Waals surface area contributed by atoms with Gasteiger partial charge >= 0.3 is 0 Å². The molecular formula is C19H36IN5O2. The molecule has 2 heterocycles. The van der Waals surface area contributed by atoms with Crippen molar-refractivity contribution in [1.82, 2.24) is 20.5 Å². The molecule has 1 aromatic rings. The Morgan fingerprint density at radius 2 is 1.85 bits per heavy atom. The van der Waals surface area contributed by atoms with Crippen LogP contribution in [0.2, 0.25) is 0 Å². The summed E-state index contributed by atoms with van der Waals surface area (Å²) in [5.74, 6) is 3.00. The topological polar surface area (TPSA) is 74.9 Å². The van der Waals surface area contributed by atoms with E-state index in [1.54, 1.807) is 7.05 Å². The molecule has 2 N–H and O–H groups in total. The third-order valence-electron chi connectivity index (χ3n) is 5.29. The van der Waals surface area contributed by atoms with Crippen LogP contribution in [0, 0.1) is 19.8 Å². The highest BCUT2D eigenvalue weighted by atomic mass is 127. The summed E-state index contributed by atoms with van der Waals surface area (Å²) in [6.45, 7) is 13.5. The average Bonchev–Trinajstić information content (AvgIpc) is 2.99. The Bertz CT molecular complexity index is 549. The lowest BCUT2D eigenvalue weighted by Crippen LogP contribution is -2.53. The summed E-state index contributed by atoms with van der Waals surface area (Å²) in [5, 5.41) is 6.79. The van der Waals surface area contributed by atoms with Gasteiger partial charge in [0.1, 0.15) is 5.76 Å². The van der Waals surface area contributed by atoms with Gasteiger partial charge in [-0.25, -0.2) is 4.98 Å². The molecule has 1 unspecified atom stereocenters. The molecule has 1 fully saturated rings. The average molecular weight is 493 g/mol. The second-order valence-corrected chi connectivity index (χ2v) is 6.85. The first-order valence-corrected chi connectivity index (χ1v) is 9.78. The Morgan fingerprint density at radius 1 is 1.19 bits per heavy atom. The van der Waals surface area contributed by atoms with E-state index in [0.717, 1.165) is 50.3 Å². The lowest BCUT2D eigenvalue weighted by atomic mass is 9.92. The minimum absolute atomic E-state index is 0. The molecule has 0 amide bonds. The molecule has 1 aliphatic heterocycles. The van der Waals surface area contributed by atoms with Crippen molar-refractivity contribution in [3.05, 3.63) is 17.3 Å². The summed E-state index contributed by atoms with van der Waals surface area (Å²) in [6.07, 6.45) is 2.36. The molecule has 0 spiro atoms. The summed E-state index contributed by atoms with van der Waals surface area (Å²) in [4.78, 5) is 11.3. The van der Waals surface area contributed by atoms with Crippen molar-refractivity contribution in [2.24, 2.45) is 10.9 Å². The number of aryl methyl sites for hydroxylation is 2. The van der Waals surface area contributed by atoms with Crippen molar-refractivity contribution in [2.45, 2.75) is 53.1 Å². The third-order valence-corrected chi connectivity index (χ3v) is 5.29. The van der Waals surface area contributed by atoms with Gasteiger partial charge in [-0.2, -0.15) is 0 Å². The first-order valence-electron chi connectivity index (χ1n) is 9.78. The minimum Gasteiger partial charge on any atom is -0.444 e. The standard InChI is InChI=1S/C19H35N5O2.HI/c1-6-16(7-2)17(24-8-10-25-11-9-24)12-21-19(20-5)22-13-18-23-14(3)15(4)26-18;/h16-17H,6-13H2,1-5H3,(H2,20,21,22);1H. The van der Waals surface area contributed by atoms with Gasteiger partial charge in [0, 0.05) is 32.7 Å². The molecule has 156 valence electrons. The summed E-state index contributed by atoms with van der Waals surface area (Å²) < 4.78 is 11.2. The Morgan fingerprint density at radius 3 is 2.37 bits per heavy atom. The van der Waals surface area contributed by atoms with Crippen LogP contribution in [0.25, 0.3) is 0 Å². The van der Waals surface area contributed by atoms with E-state index < -0.39 is 0 Å². The maximum Gasteiger partial charge on any atom is 0.214 e. The Balaban J connectivity index is 0.00000364. The number of rotatable bonds is 8. The molecule has 2 rings (SSSR count). The Kier molecular flexibility index (Phi) is 11.2. The van der Waals surface area contributed by atoms with Crippen LogP contribution in [0.5, 0.6) is 0 Å². The fourth-order valence-electron chi connectivity index (χ4n) is 3.53. The summed E-state index contributed by atoms with van der Waals surface area (Å²) in [6, 6.07) is 0.485. The maximum absolute atomic E-state index is 5.62. The first kappa shape index (κ1) is 24.2. The monoisotopic (exact) mass is 493 g/mol. The maximum atomic E-state index is 5.62. The van der Waals surface area contributed by atoms with Crippen molar-refractivity contribution in [2.75, 3.05) is 39.9 Å². The highest BCUT2D eigenvalue weighted by molar-refractivity contribution is 14.0. The smallest absolute Gasteiger partial charge is 0.214 e. The number of aromatic nitrogens is 1. The van der Waals surface area contributed by atoms with Gasteiger partial charge in [0.15, 0.2) is 5.96 Å². The number of aliphatic imine (C=N–C) groups is 1. The quantitative estimate of drug-likeness (QED) is 0.330. The number of oxazole rings is 1. The number of halogens is 1. The SMILES string of the molecule is CCC(CC)C(CNC(=NC)NCc1nc(C)c(C)o1)N1CCOCC1.I. The minimum atomic E-state index is 0. The molecule has 1 atom stereocenters. The van der Waals surface area contributed by atoms with Crippen molar-refractivity contribution in [1.29, 1.82) is 0 Å². The molecule has 0 radical (unpaired) electrons. The van der Waals surface area contributed by atoms with Crippen LogP contribution in [-0.4, -0.2) is 61.8 Å². The Labute approximate surface area is 180 Å². The van der Waals surface area contributed by atoms with Crippen LogP contribution in [0.15, 0.2) is 9.41 Å². The van der Waals surface area contributed by atoms with E-state index in [2.05, 4.69) is 39.4 Å². The second kappa shape index (κ2) is 12.6. The van der Waals surface area contributed by atoms with E-state index in [4.69, 9.17) is 9.15 Å². The first-order chi connectivity index (χ1) is 12.6. The highest BCUT2D eigenvalue weighted by Gasteiger charge is 2.27. The number of nitrogens with zero attached hydrogens (tertiary/aromatic N) is 3. The molecule has 1 aliphatic rings. The zero-order chi connectivity index (χ0) is 18.9. The van der Waals surface area contributed by atoms with E-state index in [1.165, 1.54) is 12.8 Å². The molecular weight excluding hydrogens is 457 g/mol. The van der Waals surface area contributed by atoms with E-state index in [0.29, 0.717) is 24.4 Å². The summed E-state index contributed by atoms with van der Waals surface area (Å²) in [5.41, 5.74) is 0.936. The highest BCUT2D eigenvalue weighted by Crippen LogP contribution is 2.19. The number of hydrogen-bond donors (Lipinski definition) is 2. The van der Waals surface area contributed by atoms with E-state index >= 15 is 0 Å². The molecule has 8 heteroatoms. The summed E-state index contributed by atoms with van der Waals surface area (Å²) in [7, 11) is 1.79. The number of hydrogen-bond acceptors (Lipinski definition) is 5. The molecule has 0 aliphatic carbocycles. The van der Waals surface area contributed by atoms with E-state index in [9.17, 15) is 0 Å². The fourth-order valence-corrected chi connectivity index (χ4v) is 3.53. The van der Waals surface area contributed by atoms with E-state index in [1.807, 2.05) is 13.8 Å². The number of ether oxygens (including phenoxy) is 1. The van der Waals surface area contributed by atoms with Gasteiger partial charge < -0.3 is 19.8 Å². The summed E-state index contributed by atoms with van der Waals surface area (Å²) >= 11 is 0. The van der Waals surface area contributed by atoms with Gasteiger partial charge in [0.2, 0.25) is 5.89 Å². The van der Waals surface area contributed by atoms with Crippen LogP contribution in [0.1, 0.15) is 44.0 Å². The van der Waals surface area contributed by atoms with Crippen LogP contribution < -0.4 is 10.6 Å². The number of nitrogens with one attached hydrogen (secondary N) is 2. The molecule has 0 aromatic carbocycles. The number of morpholine rings is 1. The lowest BCUT2D eigenvalue weighted by molar-refractivity contribution is 0.00272. The van der Waals surface area contributed by atoms with Crippen molar-refractivity contribution < 1.29 is 9.15 Å². The lowest BCUT2D eigenvalue weighted by Gasteiger charge is -2.39. The fraction of sp³-hybridized carbons (Fsp3) is 0.789. The van der Waals surface area contributed by atoms with Gasteiger partial charge in [-0.15, -0.1) is 24.0 Å². The molecule has 1 saturated heterocycles. The van der Waals surface area contributed by atoms with Gasteiger partial charge in [0.05, 0.1) is 25.5 Å². The van der Waals surface area contributed by atoms with Crippen molar-refractivity contribution in [3.8, 4) is 0 Å². The van der Waals surface area contributed by atoms with Crippen LogP contribution in [-0.2, 0) is 11.3 Å². The zero-order valence-electron chi connectivity index (χ0n) is 17.4. The third kappa shape index (κ3) is 7.23. The molecule has 27 heavy (non-hydrogen) atoms. The largest absolute Gasteiger partial charge is 0.444 e.